The lowest BCUT2D eigenvalue weighted by Crippen LogP contribution is -2.46. The van der Waals surface area contributed by atoms with E-state index in [2.05, 4.69) is 31.7 Å². The monoisotopic (exact) mass is 429 g/mol. The van der Waals surface area contributed by atoms with Crippen molar-refractivity contribution in [3.8, 4) is 0 Å². The number of piperidine rings is 1. The number of nitrogens with zero attached hydrogens (tertiary/aromatic N) is 2. The number of hydrogen-bond donors (Lipinski definition) is 2. The zero-order valence-corrected chi connectivity index (χ0v) is 19.5. The third kappa shape index (κ3) is 6.07. The van der Waals surface area contributed by atoms with Crippen molar-refractivity contribution in [2.75, 3.05) is 19.6 Å². The summed E-state index contributed by atoms with van der Waals surface area (Å²) >= 11 is 0. The highest BCUT2D eigenvalue weighted by Gasteiger charge is 2.40. The Balaban J connectivity index is 1.58. The minimum absolute atomic E-state index is 0.00136. The van der Waals surface area contributed by atoms with Crippen LogP contribution >= 0.6 is 0 Å². The van der Waals surface area contributed by atoms with Gasteiger partial charge in [0.1, 0.15) is 6.10 Å². The van der Waals surface area contributed by atoms with Crippen LogP contribution in [0.25, 0.3) is 0 Å². The number of carbonyl (C=O) groups excluding carboxylic acids is 2. The fraction of sp³-hybridized carbons (Fsp3) is 0.680. The van der Waals surface area contributed by atoms with E-state index in [9.17, 15) is 14.7 Å². The van der Waals surface area contributed by atoms with Gasteiger partial charge in [-0.25, -0.2) is 0 Å². The van der Waals surface area contributed by atoms with E-state index in [1.165, 1.54) is 18.4 Å². The van der Waals surface area contributed by atoms with Crippen molar-refractivity contribution in [1.82, 2.24) is 9.80 Å². The Kier molecular flexibility index (Phi) is 7.43. The van der Waals surface area contributed by atoms with Gasteiger partial charge in [-0.05, 0) is 68.1 Å². The number of benzene rings is 1. The predicted octanol–water partition coefficient (Wildman–Crippen LogP) is 3.14. The van der Waals surface area contributed by atoms with Crippen molar-refractivity contribution in [2.45, 2.75) is 83.9 Å². The smallest absolute Gasteiger partial charge is 0.251 e. The van der Waals surface area contributed by atoms with Gasteiger partial charge in [0.2, 0.25) is 5.91 Å². The summed E-state index contributed by atoms with van der Waals surface area (Å²) in [6, 6.07) is 8.93. The molecule has 0 spiro atoms. The molecule has 2 bridgehead atoms. The molecular weight excluding hydrogens is 390 g/mol. The molecular formula is C25H39N3O3. The molecule has 2 heterocycles. The Morgan fingerprint density at radius 2 is 1.87 bits per heavy atom. The third-order valence-electron chi connectivity index (χ3n) is 6.71. The molecule has 1 aromatic rings. The normalized spacial score (nSPS) is 24.7. The van der Waals surface area contributed by atoms with Gasteiger partial charge in [-0.3, -0.25) is 14.5 Å². The first-order valence-electron chi connectivity index (χ1n) is 11.7. The number of fused-ring (bicyclic) bond motifs is 2. The molecule has 3 N–H and O–H groups in total. The summed E-state index contributed by atoms with van der Waals surface area (Å²) in [7, 11) is 0. The molecule has 2 aliphatic rings. The van der Waals surface area contributed by atoms with Gasteiger partial charge in [-0.15, -0.1) is 0 Å². The highest BCUT2D eigenvalue weighted by Crippen LogP contribution is 2.43. The number of amides is 2. The molecule has 0 radical (unpaired) electrons. The Labute approximate surface area is 186 Å². The van der Waals surface area contributed by atoms with Crippen LogP contribution in [0.15, 0.2) is 24.3 Å². The first kappa shape index (κ1) is 23.7. The summed E-state index contributed by atoms with van der Waals surface area (Å²) in [5.41, 5.74) is 7.29. The molecule has 3 rings (SSSR count). The molecule has 0 unspecified atom stereocenters. The highest BCUT2D eigenvalue weighted by molar-refractivity contribution is 5.92. The van der Waals surface area contributed by atoms with Gasteiger partial charge in [0.15, 0.2) is 0 Å². The van der Waals surface area contributed by atoms with Gasteiger partial charge in [-0.1, -0.05) is 32.9 Å². The van der Waals surface area contributed by atoms with Crippen LogP contribution in [0, 0.1) is 5.41 Å². The van der Waals surface area contributed by atoms with Crippen LogP contribution in [0.5, 0.6) is 0 Å². The van der Waals surface area contributed by atoms with Crippen molar-refractivity contribution >= 4 is 11.8 Å². The largest absolute Gasteiger partial charge is 0.384 e. The average molecular weight is 430 g/mol. The molecule has 4 atom stereocenters. The molecule has 6 heteroatoms. The summed E-state index contributed by atoms with van der Waals surface area (Å²) in [5.74, 6) is -0.0676. The van der Waals surface area contributed by atoms with E-state index >= 15 is 0 Å². The van der Waals surface area contributed by atoms with Gasteiger partial charge in [-0.2, -0.15) is 0 Å². The Hall–Kier alpha value is -1.92. The first-order valence-corrected chi connectivity index (χ1v) is 11.7. The Morgan fingerprint density at radius 3 is 2.42 bits per heavy atom. The molecule has 2 aliphatic heterocycles. The second-order valence-corrected chi connectivity index (χ2v) is 10.6. The van der Waals surface area contributed by atoms with Gasteiger partial charge in [0.25, 0.3) is 5.91 Å². The average Bonchev–Trinajstić information content (AvgIpc) is 2.93. The lowest BCUT2D eigenvalue weighted by Gasteiger charge is -2.40. The molecule has 172 valence electrons. The molecule has 0 aliphatic carbocycles. The van der Waals surface area contributed by atoms with Crippen molar-refractivity contribution in [3.63, 3.8) is 0 Å². The molecule has 2 saturated heterocycles. The number of hydrogen-bond acceptors (Lipinski definition) is 4. The van der Waals surface area contributed by atoms with Gasteiger partial charge >= 0.3 is 0 Å². The molecule has 1 aromatic carbocycles. The van der Waals surface area contributed by atoms with E-state index in [1.54, 1.807) is 13.0 Å². The van der Waals surface area contributed by atoms with E-state index in [1.807, 2.05) is 17.0 Å². The van der Waals surface area contributed by atoms with E-state index in [-0.39, 0.29) is 17.2 Å². The summed E-state index contributed by atoms with van der Waals surface area (Å²) in [5, 5.41) is 9.79. The number of rotatable bonds is 8. The van der Waals surface area contributed by atoms with Crippen LogP contribution in [-0.2, 0) is 4.79 Å². The van der Waals surface area contributed by atoms with Crippen LogP contribution in [-0.4, -0.2) is 64.5 Å². The standard InChI is InChI=1S/C25H39N3O3/c1-17(29)24(31)27(16-25(2,3)4)11-6-12-28-21-9-10-22(28)15-20(14-21)18-7-5-8-19(13-18)23(26)30/h5,7-8,13,17,20-22,29H,6,9-12,14-16H2,1-4H3,(H2,26,30)/t17-,20-,21+,22-/m0/s1. The fourth-order valence-electron chi connectivity index (χ4n) is 5.41. The zero-order valence-electron chi connectivity index (χ0n) is 19.5. The maximum absolute atomic E-state index is 12.4. The Morgan fingerprint density at radius 1 is 1.23 bits per heavy atom. The lowest BCUT2D eigenvalue weighted by atomic mass is 9.84. The van der Waals surface area contributed by atoms with Crippen molar-refractivity contribution < 1.29 is 14.7 Å². The Bertz CT molecular complexity index is 772. The van der Waals surface area contributed by atoms with Crippen LogP contribution < -0.4 is 5.73 Å². The predicted molar refractivity (Wildman–Crippen MR) is 123 cm³/mol. The topological polar surface area (TPSA) is 86.9 Å². The lowest BCUT2D eigenvalue weighted by molar-refractivity contribution is -0.140. The van der Waals surface area contributed by atoms with Crippen molar-refractivity contribution in [3.05, 3.63) is 35.4 Å². The summed E-state index contributed by atoms with van der Waals surface area (Å²) in [6.07, 6.45) is 4.62. The van der Waals surface area contributed by atoms with Gasteiger partial charge in [0, 0.05) is 37.3 Å². The van der Waals surface area contributed by atoms with Crippen LogP contribution in [0.2, 0.25) is 0 Å². The summed E-state index contributed by atoms with van der Waals surface area (Å²) < 4.78 is 0. The molecule has 6 nitrogen and oxygen atoms in total. The number of carbonyl (C=O) groups is 2. The molecule has 31 heavy (non-hydrogen) atoms. The fourth-order valence-corrected chi connectivity index (χ4v) is 5.41. The van der Waals surface area contributed by atoms with E-state index in [4.69, 9.17) is 5.73 Å². The first-order chi connectivity index (χ1) is 14.5. The molecule has 2 fully saturated rings. The van der Waals surface area contributed by atoms with Crippen LogP contribution in [0.1, 0.15) is 81.6 Å². The maximum atomic E-state index is 12.4. The highest BCUT2D eigenvalue weighted by atomic mass is 16.3. The quantitative estimate of drug-likeness (QED) is 0.665. The third-order valence-corrected chi connectivity index (χ3v) is 6.71. The molecule has 0 aromatic heterocycles. The summed E-state index contributed by atoms with van der Waals surface area (Å²) in [6.45, 7) is 10.2. The molecule has 2 amide bonds. The van der Waals surface area contributed by atoms with Gasteiger partial charge in [0.05, 0.1) is 0 Å². The SMILES string of the molecule is C[C@H](O)C(=O)N(CCCN1[C@@H]2CC[C@H]1C[C@@H](c1cccc(C(N)=O)c1)C2)CC(C)(C)C. The van der Waals surface area contributed by atoms with E-state index < -0.39 is 6.10 Å². The van der Waals surface area contributed by atoms with Crippen molar-refractivity contribution in [1.29, 1.82) is 0 Å². The zero-order chi connectivity index (χ0) is 22.8. The van der Waals surface area contributed by atoms with Crippen molar-refractivity contribution in [2.24, 2.45) is 11.1 Å². The van der Waals surface area contributed by atoms with Crippen LogP contribution in [0.3, 0.4) is 0 Å². The molecule has 0 saturated carbocycles. The van der Waals surface area contributed by atoms with E-state index in [0.717, 1.165) is 25.8 Å². The second-order valence-electron chi connectivity index (χ2n) is 10.6. The maximum Gasteiger partial charge on any atom is 0.251 e. The minimum atomic E-state index is -0.953. The summed E-state index contributed by atoms with van der Waals surface area (Å²) in [4.78, 5) is 28.5. The van der Waals surface area contributed by atoms with Gasteiger partial charge < -0.3 is 15.7 Å². The number of aliphatic hydroxyl groups excluding tert-OH is 1. The number of aliphatic hydroxyl groups is 1. The second kappa shape index (κ2) is 9.70. The van der Waals surface area contributed by atoms with E-state index in [0.29, 0.717) is 36.7 Å². The minimum Gasteiger partial charge on any atom is -0.384 e. The number of primary amides is 1. The number of nitrogens with two attached hydrogens (primary N) is 1. The van der Waals surface area contributed by atoms with Crippen LogP contribution in [0.4, 0.5) is 0 Å².